The smallest absolute Gasteiger partial charge is 0.0488 e. The highest BCUT2D eigenvalue weighted by Gasteiger charge is 2.05. The number of nitrogens with one attached hydrogen (secondary N) is 1. The van der Waals surface area contributed by atoms with Gasteiger partial charge in [0.1, 0.15) is 0 Å². The first-order valence-corrected chi connectivity index (χ1v) is 8.02. The molecule has 0 saturated heterocycles. The van der Waals surface area contributed by atoms with E-state index in [1.54, 1.807) is 0 Å². The Kier molecular flexibility index (Phi) is 5.70. The first-order chi connectivity index (χ1) is 9.56. The molecule has 0 aliphatic heterocycles. The summed E-state index contributed by atoms with van der Waals surface area (Å²) in [5.41, 5.74) is 2.42. The van der Waals surface area contributed by atoms with E-state index in [1.807, 2.05) is 12.1 Å². The van der Waals surface area contributed by atoms with Gasteiger partial charge in [0.15, 0.2) is 0 Å². The van der Waals surface area contributed by atoms with Gasteiger partial charge in [-0.1, -0.05) is 47.4 Å². The maximum absolute atomic E-state index is 6.29. The molecule has 2 rings (SSSR count). The van der Waals surface area contributed by atoms with Gasteiger partial charge in [0, 0.05) is 34.5 Å². The van der Waals surface area contributed by atoms with E-state index in [0.29, 0.717) is 5.92 Å². The fourth-order valence-corrected chi connectivity index (χ4v) is 2.82. The summed E-state index contributed by atoms with van der Waals surface area (Å²) < 4.78 is 3.25. The van der Waals surface area contributed by atoms with E-state index in [2.05, 4.69) is 64.1 Å². The molecule has 0 aliphatic rings. The van der Waals surface area contributed by atoms with Crippen LogP contribution in [0.1, 0.15) is 25.1 Å². The molecule has 0 unspecified atom stereocenters. The van der Waals surface area contributed by atoms with Crippen molar-refractivity contribution in [3.63, 3.8) is 0 Å². The molecule has 1 aromatic heterocycles. The molecule has 2 aromatic rings. The second-order valence-corrected chi connectivity index (χ2v) is 6.71. The van der Waals surface area contributed by atoms with Gasteiger partial charge < -0.3 is 9.88 Å². The van der Waals surface area contributed by atoms with E-state index >= 15 is 0 Å². The van der Waals surface area contributed by atoms with Crippen LogP contribution in [-0.4, -0.2) is 11.1 Å². The summed E-state index contributed by atoms with van der Waals surface area (Å²) in [5, 5.41) is 4.28. The molecule has 2 nitrogen and oxygen atoms in total. The molecule has 0 amide bonds. The van der Waals surface area contributed by atoms with Crippen molar-refractivity contribution in [3.05, 3.63) is 57.3 Å². The topological polar surface area (TPSA) is 17.0 Å². The number of nitrogens with zero attached hydrogens (tertiary/aromatic N) is 1. The predicted octanol–water partition coefficient (Wildman–Crippen LogP) is 4.70. The van der Waals surface area contributed by atoms with Crippen LogP contribution in [0.5, 0.6) is 0 Å². The first-order valence-electron chi connectivity index (χ1n) is 6.85. The second-order valence-electron chi connectivity index (χ2n) is 5.39. The van der Waals surface area contributed by atoms with E-state index in [-0.39, 0.29) is 0 Å². The molecule has 108 valence electrons. The third-order valence-electron chi connectivity index (χ3n) is 3.14. The Morgan fingerprint density at radius 1 is 1.30 bits per heavy atom. The Labute approximate surface area is 134 Å². The van der Waals surface area contributed by atoms with Crippen LogP contribution in [0.25, 0.3) is 0 Å². The highest BCUT2D eigenvalue weighted by molar-refractivity contribution is 9.10. The molecule has 0 aliphatic carbocycles. The highest BCUT2D eigenvalue weighted by Crippen LogP contribution is 2.22. The monoisotopic (exact) mass is 354 g/mol. The lowest BCUT2D eigenvalue weighted by Crippen LogP contribution is -2.21. The average Bonchev–Trinajstić information content (AvgIpc) is 2.80. The van der Waals surface area contributed by atoms with Gasteiger partial charge in [-0.3, -0.25) is 0 Å². The van der Waals surface area contributed by atoms with Crippen LogP contribution in [0.15, 0.2) is 41.0 Å². The van der Waals surface area contributed by atoms with Crippen molar-refractivity contribution in [3.8, 4) is 0 Å². The van der Waals surface area contributed by atoms with Crippen molar-refractivity contribution in [1.29, 1.82) is 0 Å². The standard InChI is InChI=1S/C16H20BrClN2/c1-12(2)9-19-10-15-4-3-7-20(15)11-13-5-6-14(17)8-16(13)18/h3-8,12,19H,9-11H2,1-2H3. The lowest BCUT2D eigenvalue weighted by atomic mass is 10.2. The molecular weight excluding hydrogens is 336 g/mol. The largest absolute Gasteiger partial charge is 0.346 e. The molecule has 0 saturated carbocycles. The van der Waals surface area contributed by atoms with E-state index in [4.69, 9.17) is 11.6 Å². The Hall–Kier alpha value is -0.770. The summed E-state index contributed by atoms with van der Waals surface area (Å²) in [4.78, 5) is 0. The van der Waals surface area contributed by atoms with E-state index < -0.39 is 0 Å². The fourth-order valence-electron chi connectivity index (χ4n) is 2.09. The number of aromatic nitrogens is 1. The van der Waals surface area contributed by atoms with E-state index in [9.17, 15) is 0 Å². The molecule has 1 aromatic carbocycles. The van der Waals surface area contributed by atoms with Gasteiger partial charge in [0.25, 0.3) is 0 Å². The molecule has 0 bridgehead atoms. The molecule has 0 spiro atoms. The molecule has 4 heteroatoms. The Morgan fingerprint density at radius 3 is 2.80 bits per heavy atom. The van der Waals surface area contributed by atoms with Crippen LogP contribution in [0.4, 0.5) is 0 Å². The summed E-state index contributed by atoms with van der Waals surface area (Å²) in [5.74, 6) is 0.666. The highest BCUT2D eigenvalue weighted by atomic mass is 79.9. The van der Waals surface area contributed by atoms with Gasteiger partial charge in [-0.15, -0.1) is 0 Å². The zero-order chi connectivity index (χ0) is 14.5. The van der Waals surface area contributed by atoms with Crippen molar-refractivity contribution in [2.45, 2.75) is 26.9 Å². The average molecular weight is 356 g/mol. The third kappa shape index (κ3) is 4.37. The van der Waals surface area contributed by atoms with Gasteiger partial charge in [0.2, 0.25) is 0 Å². The van der Waals surface area contributed by atoms with Crippen molar-refractivity contribution >= 4 is 27.5 Å². The van der Waals surface area contributed by atoms with Crippen LogP contribution < -0.4 is 5.32 Å². The van der Waals surface area contributed by atoms with Crippen LogP contribution in [0.3, 0.4) is 0 Å². The molecule has 0 radical (unpaired) electrons. The second kappa shape index (κ2) is 7.30. The van der Waals surface area contributed by atoms with Gasteiger partial charge in [0.05, 0.1) is 0 Å². The predicted molar refractivity (Wildman–Crippen MR) is 89.2 cm³/mol. The first kappa shape index (κ1) is 15.6. The van der Waals surface area contributed by atoms with Gasteiger partial charge in [-0.2, -0.15) is 0 Å². The molecule has 0 fully saturated rings. The van der Waals surface area contributed by atoms with E-state index in [0.717, 1.165) is 34.7 Å². The lowest BCUT2D eigenvalue weighted by Gasteiger charge is -2.12. The zero-order valence-electron chi connectivity index (χ0n) is 11.9. The molecule has 0 atom stereocenters. The quantitative estimate of drug-likeness (QED) is 0.795. The minimum atomic E-state index is 0.666. The van der Waals surface area contributed by atoms with Gasteiger partial charge in [-0.25, -0.2) is 0 Å². The Bertz CT molecular complexity index is 563. The maximum atomic E-state index is 6.29. The maximum Gasteiger partial charge on any atom is 0.0488 e. The summed E-state index contributed by atoms with van der Waals surface area (Å²) in [7, 11) is 0. The van der Waals surface area contributed by atoms with Crippen LogP contribution >= 0.6 is 27.5 Å². The van der Waals surface area contributed by atoms with Gasteiger partial charge in [-0.05, 0) is 42.3 Å². The summed E-state index contributed by atoms with van der Waals surface area (Å²) in [6.07, 6.45) is 2.10. The van der Waals surface area contributed by atoms with Crippen molar-refractivity contribution < 1.29 is 0 Å². The summed E-state index contributed by atoms with van der Waals surface area (Å²) in [6, 6.07) is 10.3. The third-order valence-corrected chi connectivity index (χ3v) is 3.98. The molecule has 20 heavy (non-hydrogen) atoms. The lowest BCUT2D eigenvalue weighted by molar-refractivity contribution is 0.539. The minimum absolute atomic E-state index is 0.666. The van der Waals surface area contributed by atoms with E-state index in [1.165, 1.54) is 5.69 Å². The van der Waals surface area contributed by atoms with Crippen molar-refractivity contribution in [2.24, 2.45) is 5.92 Å². The summed E-state index contributed by atoms with van der Waals surface area (Å²) >= 11 is 9.72. The number of halogens is 2. The van der Waals surface area contributed by atoms with Crippen LogP contribution in [0, 0.1) is 5.92 Å². The number of rotatable bonds is 6. The zero-order valence-corrected chi connectivity index (χ0v) is 14.2. The normalized spacial score (nSPS) is 11.2. The number of hydrogen-bond donors (Lipinski definition) is 1. The van der Waals surface area contributed by atoms with Crippen molar-refractivity contribution in [2.75, 3.05) is 6.54 Å². The number of benzene rings is 1. The van der Waals surface area contributed by atoms with Gasteiger partial charge >= 0.3 is 0 Å². The SMILES string of the molecule is CC(C)CNCc1cccn1Cc1ccc(Br)cc1Cl. The fraction of sp³-hybridized carbons (Fsp3) is 0.375. The Morgan fingerprint density at radius 2 is 2.10 bits per heavy atom. The van der Waals surface area contributed by atoms with Crippen LogP contribution in [0.2, 0.25) is 5.02 Å². The molecule has 1 N–H and O–H groups in total. The minimum Gasteiger partial charge on any atom is -0.346 e. The van der Waals surface area contributed by atoms with Crippen molar-refractivity contribution in [1.82, 2.24) is 9.88 Å². The van der Waals surface area contributed by atoms with Crippen LogP contribution in [-0.2, 0) is 13.1 Å². The molecular formula is C16H20BrClN2. The summed E-state index contributed by atoms with van der Waals surface area (Å²) in [6.45, 7) is 7.16. The number of hydrogen-bond acceptors (Lipinski definition) is 1. The Balaban J connectivity index is 2.04. The molecule has 1 heterocycles.